The van der Waals surface area contributed by atoms with Gasteiger partial charge in [-0.1, -0.05) is 20.3 Å². The van der Waals surface area contributed by atoms with Gasteiger partial charge in [0.25, 0.3) is 0 Å². The van der Waals surface area contributed by atoms with Crippen molar-refractivity contribution in [3.05, 3.63) is 0 Å². The summed E-state index contributed by atoms with van der Waals surface area (Å²) in [6.07, 6.45) is 5.48. The molecule has 0 radical (unpaired) electrons. The van der Waals surface area contributed by atoms with Crippen molar-refractivity contribution < 1.29 is 4.79 Å². The van der Waals surface area contributed by atoms with Crippen molar-refractivity contribution in [2.24, 2.45) is 5.92 Å². The van der Waals surface area contributed by atoms with E-state index in [0.29, 0.717) is 24.3 Å². The molecule has 1 saturated heterocycles. The summed E-state index contributed by atoms with van der Waals surface area (Å²) in [5.74, 6) is 0.909. The lowest BCUT2D eigenvalue weighted by Gasteiger charge is -2.28. The van der Waals surface area contributed by atoms with Gasteiger partial charge < -0.3 is 10.2 Å². The summed E-state index contributed by atoms with van der Waals surface area (Å²) < 4.78 is 0. The van der Waals surface area contributed by atoms with Gasteiger partial charge >= 0.3 is 0 Å². The van der Waals surface area contributed by atoms with E-state index in [9.17, 15) is 4.79 Å². The van der Waals surface area contributed by atoms with Crippen LogP contribution in [0.15, 0.2) is 0 Å². The maximum absolute atomic E-state index is 11.8. The average Bonchev–Trinajstić information content (AvgIpc) is 2.27. The molecule has 0 aromatic rings. The second-order valence-corrected chi connectivity index (χ2v) is 5.35. The van der Waals surface area contributed by atoms with Crippen LogP contribution >= 0.6 is 0 Å². The van der Waals surface area contributed by atoms with E-state index >= 15 is 0 Å². The van der Waals surface area contributed by atoms with E-state index in [1.807, 2.05) is 11.9 Å². The number of carbonyl (C=O) groups excluding carboxylic acids is 1. The highest BCUT2D eigenvalue weighted by molar-refractivity contribution is 5.75. The molecule has 0 aliphatic carbocycles. The Morgan fingerprint density at radius 3 is 2.75 bits per heavy atom. The number of nitrogens with zero attached hydrogens (tertiary/aromatic N) is 1. The Labute approximate surface area is 99.6 Å². The number of carbonyl (C=O) groups is 1. The Morgan fingerprint density at radius 2 is 2.19 bits per heavy atom. The minimum absolute atomic E-state index is 0.293. The lowest BCUT2D eigenvalue weighted by molar-refractivity contribution is -0.130. The molecule has 0 saturated carbocycles. The van der Waals surface area contributed by atoms with Crippen LogP contribution < -0.4 is 5.32 Å². The average molecular weight is 226 g/mol. The van der Waals surface area contributed by atoms with Crippen LogP contribution in [0.5, 0.6) is 0 Å². The van der Waals surface area contributed by atoms with Gasteiger partial charge in [0.15, 0.2) is 0 Å². The molecule has 1 aliphatic heterocycles. The monoisotopic (exact) mass is 226 g/mol. The number of rotatable bonds is 5. The molecule has 1 N–H and O–H groups in total. The fourth-order valence-corrected chi connectivity index (χ4v) is 2.12. The SMILES string of the molecule is CC(C)CCC(=O)N(C)CC1CCCCN1. The van der Waals surface area contributed by atoms with Crippen molar-refractivity contribution in [2.75, 3.05) is 20.1 Å². The van der Waals surface area contributed by atoms with Crippen LogP contribution in [-0.2, 0) is 4.79 Å². The summed E-state index contributed by atoms with van der Waals surface area (Å²) in [6, 6.07) is 0.516. The molecule has 1 heterocycles. The van der Waals surface area contributed by atoms with Crippen LogP contribution in [0.3, 0.4) is 0 Å². The predicted molar refractivity (Wildman–Crippen MR) is 67.4 cm³/mol. The van der Waals surface area contributed by atoms with Crippen molar-refractivity contribution in [2.45, 2.75) is 52.0 Å². The smallest absolute Gasteiger partial charge is 0.222 e. The van der Waals surface area contributed by atoms with Gasteiger partial charge in [0.05, 0.1) is 0 Å². The highest BCUT2D eigenvalue weighted by atomic mass is 16.2. The van der Waals surface area contributed by atoms with Gasteiger partial charge in [-0.15, -0.1) is 0 Å². The predicted octanol–water partition coefficient (Wildman–Crippen LogP) is 2.02. The number of hydrogen-bond acceptors (Lipinski definition) is 2. The summed E-state index contributed by atoms with van der Waals surface area (Å²) in [5, 5.41) is 3.48. The topological polar surface area (TPSA) is 32.3 Å². The largest absolute Gasteiger partial charge is 0.344 e. The van der Waals surface area contributed by atoms with Crippen molar-refractivity contribution in [1.29, 1.82) is 0 Å². The molecule has 3 nitrogen and oxygen atoms in total. The van der Waals surface area contributed by atoms with E-state index in [1.165, 1.54) is 19.3 Å². The quantitative estimate of drug-likeness (QED) is 0.778. The molecule has 1 atom stereocenters. The zero-order valence-corrected chi connectivity index (χ0v) is 11.0. The van der Waals surface area contributed by atoms with E-state index in [2.05, 4.69) is 19.2 Å². The summed E-state index contributed by atoms with van der Waals surface area (Å²) in [5.41, 5.74) is 0. The number of hydrogen-bond donors (Lipinski definition) is 1. The molecular weight excluding hydrogens is 200 g/mol. The van der Waals surface area contributed by atoms with E-state index in [-0.39, 0.29) is 0 Å². The second-order valence-electron chi connectivity index (χ2n) is 5.35. The zero-order chi connectivity index (χ0) is 12.0. The third-order valence-corrected chi connectivity index (χ3v) is 3.27. The summed E-state index contributed by atoms with van der Waals surface area (Å²) in [7, 11) is 1.93. The van der Waals surface area contributed by atoms with Crippen LogP contribution in [-0.4, -0.2) is 37.0 Å². The molecule has 1 unspecified atom stereocenters. The minimum Gasteiger partial charge on any atom is -0.344 e. The molecule has 16 heavy (non-hydrogen) atoms. The van der Waals surface area contributed by atoms with E-state index in [0.717, 1.165) is 19.5 Å². The van der Waals surface area contributed by atoms with Crippen LogP contribution in [0.2, 0.25) is 0 Å². The Bertz CT molecular complexity index is 210. The summed E-state index contributed by atoms with van der Waals surface area (Å²) in [4.78, 5) is 13.7. The standard InChI is InChI=1S/C13H26N2O/c1-11(2)7-8-13(16)15(3)10-12-6-4-5-9-14-12/h11-12,14H,4-10H2,1-3H3. The maximum Gasteiger partial charge on any atom is 0.222 e. The van der Waals surface area contributed by atoms with Gasteiger partial charge in [0.2, 0.25) is 5.91 Å². The second kappa shape index (κ2) is 6.89. The third-order valence-electron chi connectivity index (χ3n) is 3.27. The first-order valence-corrected chi connectivity index (χ1v) is 6.57. The summed E-state index contributed by atoms with van der Waals surface area (Å²) in [6.45, 7) is 6.31. The van der Waals surface area contributed by atoms with E-state index in [1.54, 1.807) is 0 Å². The normalized spacial score (nSPS) is 21.1. The highest BCUT2D eigenvalue weighted by Gasteiger charge is 2.17. The number of piperidine rings is 1. The molecule has 0 aromatic heterocycles. The minimum atomic E-state index is 0.293. The van der Waals surface area contributed by atoms with E-state index in [4.69, 9.17) is 0 Å². The highest BCUT2D eigenvalue weighted by Crippen LogP contribution is 2.10. The first kappa shape index (κ1) is 13.5. The lowest BCUT2D eigenvalue weighted by Crippen LogP contribution is -2.44. The molecule has 1 fully saturated rings. The molecule has 94 valence electrons. The van der Waals surface area contributed by atoms with Crippen molar-refractivity contribution in [3.8, 4) is 0 Å². The zero-order valence-electron chi connectivity index (χ0n) is 11.0. The van der Waals surface area contributed by atoms with Crippen molar-refractivity contribution in [1.82, 2.24) is 10.2 Å². The maximum atomic E-state index is 11.8. The Balaban J connectivity index is 2.21. The van der Waals surface area contributed by atoms with Crippen molar-refractivity contribution in [3.63, 3.8) is 0 Å². The molecule has 0 bridgehead atoms. The fraction of sp³-hybridized carbons (Fsp3) is 0.923. The molecule has 0 spiro atoms. The van der Waals surface area contributed by atoms with Crippen LogP contribution in [0.25, 0.3) is 0 Å². The molecule has 1 rings (SSSR count). The fourth-order valence-electron chi connectivity index (χ4n) is 2.12. The molecule has 1 aliphatic rings. The van der Waals surface area contributed by atoms with Gasteiger partial charge in [-0.3, -0.25) is 4.79 Å². The number of nitrogens with one attached hydrogen (secondary N) is 1. The molecule has 3 heteroatoms. The Kier molecular flexibility index (Phi) is 5.81. The first-order chi connectivity index (χ1) is 7.59. The molecule has 0 aromatic carbocycles. The van der Waals surface area contributed by atoms with Gasteiger partial charge in [-0.2, -0.15) is 0 Å². The lowest BCUT2D eigenvalue weighted by atomic mass is 10.0. The molecular formula is C13H26N2O. The number of amides is 1. The van der Waals surface area contributed by atoms with Crippen molar-refractivity contribution >= 4 is 5.91 Å². The van der Waals surface area contributed by atoms with Gasteiger partial charge in [0.1, 0.15) is 0 Å². The van der Waals surface area contributed by atoms with Crippen LogP contribution in [0.1, 0.15) is 46.0 Å². The number of likely N-dealkylation sites (N-methyl/N-ethyl adjacent to an activating group) is 1. The van der Waals surface area contributed by atoms with Crippen LogP contribution in [0, 0.1) is 5.92 Å². The van der Waals surface area contributed by atoms with Gasteiger partial charge in [0, 0.05) is 26.1 Å². The first-order valence-electron chi connectivity index (χ1n) is 6.57. The van der Waals surface area contributed by atoms with Crippen LogP contribution in [0.4, 0.5) is 0 Å². The molecule has 1 amide bonds. The van der Waals surface area contributed by atoms with E-state index < -0.39 is 0 Å². The third kappa shape index (κ3) is 4.97. The van der Waals surface area contributed by atoms with Gasteiger partial charge in [-0.05, 0) is 31.7 Å². The Morgan fingerprint density at radius 1 is 1.44 bits per heavy atom. The van der Waals surface area contributed by atoms with Gasteiger partial charge in [-0.25, -0.2) is 0 Å². The summed E-state index contributed by atoms with van der Waals surface area (Å²) >= 11 is 0. The Hall–Kier alpha value is -0.570.